The van der Waals surface area contributed by atoms with Gasteiger partial charge in [0.05, 0.1) is 10.1 Å². The highest BCUT2D eigenvalue weighted by atomic mass is 32.2. The van der Waals surface area contributed by atoms with E-state index in [0.29, 0.717) is 11.1 Å². The van der Waals surface area contributed by atoms with Gasteiger partial charge in [-0.25, -0.2) is 0 Å². The maximum Gasteiger partial charge on any atom is 0.277 e. The van der Waals surface area contributed by atoms with E-state index in [2.05, 4.69) is 32.5 Å². The topological polar surface area (TPSA) is 71.3 Å². The number of benzene rings is 1. The number of hydrogen-bond acceptors (Lipinski definition) is 7. The van der Waals surface area contributed by atoms with Gasteiger partial charge in [0, 0.05) is 24.5 Å². The molecule has 1 saturated heterocycles. The highest BCUT2D eigenvalue weighted by Gasteiger charge is 2.19. The van der Waals surface area contributed by atoms with Gasteiger partial charge in [0.2, 0.25) is 5.91 Å². The minimum atomic E-state index is -0.349. The van der Waals surface area contributed by atoms with Crippen molar-refractivity contribution in [2.45, 2.75) is 36.7 Å². The van der Waals surface area contributed by atoms with Crippen LogP contribution in [0.15, 0.2) is 51.4 Å². The largest absolute Gasteiger partial charge is 0.410 e. The fraction of sp³-hybridized carbons (Fsp3) is 0.350. The van der Waals surface area contributed by atoms with E-state index in [1.165, 1.54) is 48.0 Å². The lowest BCUT2D eigenvalue weighted by Crippen LogP contribution is -2.29. The van der Waals surface area contributed by atoms with Gasteiger partial charge in [-0.3, -0.25) is 4.79 Å². The number of rotatable bonds is 6. The third-order valence-electron chi connectivity index (χ3n) is 4.64. The van der Waals surface area contributed by atoms with Crippen LogP contribution in [0, 0.1) is 0 Å². The van der Waals surface area contributed by atoms with E-state index in [-0.39, 0.29) is 11.2 Å². The first-order valence-electron chi connectivity index (χ1n) is 9.39. The molecule has 1 N–H and O–H groups in total. The monoisotopic (exact) mass is 414 g/mol. The summed E-state index contributed by atoms with van der Waals surface area (Å²) in [6, 6.07) is 11.9. The number of amides is 1. The summed E-state index contributed by atoms with van der Waals surface area (Å²) in [5.41, 5.74) is 2.01. The van der Waals surface area contributed by atoms with E-state index in [0.717, 1.165) is 23.7 Å². The molecule has 1 unspecified atom stereocenters. The Hall–Kier alpha value is -2.32. The van der Waals surface area contributed by atoms with Crippen LogP contribution in [-0.4, -0.2) is 34.4 Å². The van der Waals surface area contributed by atoms with Crippen LogP contribution in [0.4, 0.5) is 11.4 Å². The van der Waals surface area contributed by atoms with Crippen molar-refractivity contribution in [3.05, 3.63) is 41.8 Å². The summed E-state index contributed by atoms with van der Waals surface area (Å²) < 4.78 is 5.65. The van der Waals surface area contributed by atoms with E-state index in [1.807, 2.05) is 36.6 Å². The number of nitrogens with zero attached hydrogens (tertiary/aromatic N) is 3. The molecule has 1 aliphatic heterocycles. The Kier molecular flexibility index (Phi) is 5.97. The molecule has 0 spiro atoms. The van der Waals surface area contributed by atoms with E-state index in [1.54, 1.807) is 0 Å². The Labute approximate surface area is 172 Å². The van der Waals surface area contributed by atoms with Crippen LogP contribution < -0.4 is 10.2 Å². The van der Waals surface area contributed by atoms with Crippen molar-refractivity contribution in [1.29, 1.82) is 0 Å². The predicted molar refractivity (Wildman–Crippen MR) is 114 cm³/mol. The Bertz CT molecular complexity index is 903. The summed E-state index contributed by atoms with van der Waals surface area (Å²) in [6.07, 6.45) is 3.81. The fourth-order valence-electron chi connectivity index (χ4n) is 3.11. The second-order valence-electron chi connectivity index (χ2n) is 6.69. The van der Waals surface area contributed by atoms with Crippen LogP contribution in [0.2, 0.25) is 0 Å². The van der Waals surface area contributed by atoms with Gasteiger partial charge in [0.15, 0.2) is 0 Å². The number of carbonyl (C=O) groups is 1. The molecule has 1 fully saturated rings. The molecule has 3 aromatic rings. The number of anilines is 2. The number of thioether (sulfide) groups is 1. The first-order chi connectivity index (χ1) is 13.7. The van der Waals surface area contributed by atoms with Gasteiger partial charge < -0.3 is 14.6 Å². The summed E-state index contributed by atoms with van der Waals surface area (Å²) in [7, 11) is 0. The van der Waals surface area contributed by atoms with E-state index in [9.17, 15) is 4.79 Å². The Morgan fingerprint density at radius 1 is 1.18 bits per heavy atom. The summed E-state index contributed by atoms with van der Waals surface area (Å²) in [5, 5.41) is 13.0. The van der Waals surface area contributed by atoms with E-state index >= 15 is 0 Å². The maximum absolute atomic E-state index is 12.5. The van der Waals surface area contributed by atoms with E-state index < -0.39 is 0 Å². The third-order valence-corrected chi connectivity index (χ3v) is 6.43. The molecule has 6 nitrogen and oxygen atoms in total. The van der Waals surface area contributed by atoms with Gasteiger partial charge in [-0.15, -0.1) is 21.5 Å². The van der Waals surface area contributed by atoms with Crippen LogP contribution in [0.3, 0.4) is 0 Å². The lowest BCUT2D eigenvalue weighted by molar-refractivity contribution is -0.115. The standard InChI is InChI=1S/C20H22N4O2S2/c1-14(28-20-23-22-19(26-20)17-6-5-13-27-17)18(25)21-15-7-9-16(10-8-15)24-11-3-2-4-12-24/h5-10,13-14H,2-4,11-12H2,1H3,(H,21,25). The molecule has 0 radical (unpaired) electrons. The van der Waals surface area contributed by atoms with Crippen molar-refractivity contribution in [3.8, 4) is 10.8 Å². The quantitative estimate of drug-likeness (QED) is 0.578. The number of piperidine rings is 1. The molecule has 146 valence electrons. The number of carbonyl (C=O) groups excluding carboxylic acids is 1. The minimum absolute atomic E-state index is 0.0911. The van der Waals surface area contributed by atoms with Crippen molar-refractivity contribution in [1.82, 2.24) is 10.2 Å². The number of hydrogen-bond donors (Lipinski definition) is 1. The average Bonchev–Trinajstić information content (AvgIpc) is 3.41. The van der Waals surface area contributed by atoms with Gasteiger partial charge in [0.25, 0.3) is 11.1 Å². The summed E-state index contributed by atoms with van der Waals surface area (Å²) in [4.78, 5) is 15.8. The van der Waals surface area contributed by atoms with Crippen molar-refractivity contribution in [2.75, 3.05) is 23.3 Å². The third kappa shape index (κ3) is 4.56. The Balaban J connectivity index is 1.33. The van der Waals surface area contributed by atoms with Crippen molar-refractivity contribution in [2.24, 2.45) is 0 Å². The van der Waals surface area contributed by atoms with Gasteiger partial charge in [-0.1, -0.05) is 17.8 Å². The Morgan fingerprint density at radius 3 is 2.68 bits per heavy atom. The fourth-order valence-corrected chi connectivity index (χ4v) is 4.44. The molecule has 0 aliphatic carbocycles. The zero-order valence-corrected chi connectivity index (χ0v) is 17.3. The zero-order valence-electron chi connectivity index (χ0n) is 15.6. The second kappa shape index (κ2) is 8.79. The normalized spacial score (nSPS) is 15.4. The van der Waals surface area contributed by atoms with Crippen molar-refractivity contribution >= 4 is 40.4 Å². The number of nitrogens with one attached hydrogen (secondary N) is 1. The SMILES string of the molecule is CC(Sc1nnc(-c2cccs2)o1)C(=O)Nc1ccc(N2CCCCC2)cc1. The van der Waals surface area contributed by atoms with Crippen LogP contribution in [-0.2, 0) is 4.79 Å². The van der Waals surface area contributed by atoms with Crippen LogP contribution in [0.25, 0.3) is 10.8 Å². The van der Waals surface area contributed by atoms with Crippen LogP contribution >= 0.6 is 23.1 Å². The molecule has 2 aromatic heterocycles. The molecule has 0 bridgehead atoms. The van der Waals surface area contributed by atoms with Gasteiger partial charge in [-0.05, 0) is 61.9 Å². The zero-order chi connectivity index (χ0) is 19.3. The lowest BCUT2D eigenvalue weighted by atomic mass is 10.1. The molecular weight excluding hydrogens is 392 g/mol. The summed E-state index contributed by atoms with van der Waals surface area (Å²) >= 11 is 2.80. The summed E-state index contributed by atoms with van der Waals surface area (Å²) in [5.74, 6) is 0.394. The van der Waals surface area contributed by atoms with Gasteiger partial charge in [-0.2, -0.15) is 0 Å². The maximum atomic E-state index is 12.5. The first kappa shape index (κ1) is 19.0. The molecule has 4 rings (SSSR count). The van der Waals surface area contributed by atoms with Crippen LogP contribution in [0.5, 0.6) is 0 Å². The van der Waals surface area contributed by atoms with Crippen LogP contribution in [0.1, 0.15) is 26.2 Å². The molecule has 0 saturated carbocycles. The Morgan fingerprint density at radius 2 is 1.96 bits per heavy atom. The molecular formula is C20H22N4O2S2. The average molecular weight is 415 g/mol. The number of thiophene rings is 1. The highest BCUT2D eigenvalue weighted by Crippen LogP contribution is 2.29. The number of aromatic nitrogens is 2. The predicted octanol–water partition coefficient (Wildman–Crippen LogP) is 4.91. The van der Waals surface area contributed by atoms with Gasteiger partial charge >= 0.3 is 0 Å². The molecule has 8 heteroatoms. The smallest absolute Gasteiger partial charge is 0.277 e. The van der Waals surface area contributed by atoms with Crippen molar-refractivity contribution < 1.29 is 9.21 Å². The van der Waals surface area contributed by atoms with Gasteiger partial charge in [0.1, 0.15) is 0 Å². The lowest BCUT2D eigenvalue weighted by Gasteiger charge is -2.28. The highest BCUT2D eigenvalue weighted by molar-refractivity contribution is 8.00. The summed E-state index contributed by atoms with van der Waals surface area (Å²) in [6.45, 7) is 4.05. The second-order valence-corrected chi connectivity index (χ2v) is 8.93. The molecule has 1 amide bonds. The van der Waals surface area contributed by atoms with E-state index in [4.69, 9.17) is 4.42 Å². The molecule has 3 heterocycles. The molecule has 1 aromatic carbocycles. The minimum Gasteiger partial charge on any atom is -0.410 e. The molecule has 1 atom stereocenters. The van der Waals surface area contributed by atoms with Crippen molar-refractivity contribution in [3.63, 3.8) is 0 Å². The molecule has 28 heavy (non-hydrogen) atoms. The molecule has 1 aliphatic rings. The first-order valence-corrected chi connectivity index (χ1v) is 11.1.